The van der Waals surface area contributed by atoms with E-state index in [1.165, 1.54) is 24.3 Å². The highest BCUT2D eigenvalue weighted by molar-refractivity contribution is 6.12. The maximum Gasteiger partial charge on any atom is 0.255 e. The fourth-order valence-corrected chi connectivity index (χ4v) is 3.50. The van der Waals surface area contributed by atoms with Crippen LogP contribution in [-0.4, -0.2) is 18.8 Å². The second-order valence-corrected chi connectivity index (χ2v) is 6.72. The Balaban J connectivity index is 1.65. The van der Waals surface area contributed by atoms with Crippen molar-refractivity contribution in [2.45, 2.75) is 12.8 Å². The molecule has 2 N–H and O–H groups in total. The predicted molar refractivity (Wildman–Crippen MR) is 110 cm³/mol. The summed E-state index contributed by atoms with van der Waals surface area (Å²) in [5.74, 6) is -0.126. The summed E-state index contributed by atoms with van der Waals surface area (Å²) in [5, 5.41) is 6.12. The normalized spacial score (nSPS) is 12.4. The Labute approximate surface area is 167 Å². The molecule has 1 aliphatic rings. The molecular weight excluding hydrogens is 371 g/mol. The average molecular weight is 390 g/mol. The van der Waals surface area contributed by atoms with Gasteiger partial charge in [-0.1, -0.05) is 12.1 Å². The fourth-order valence-electron chi connectivity index (χ4n) is 3.50. The van der Waals surface area contributed by atoms with Crippen molar-refractivity contribution in [3.8, 4) is 5.75 Å². The Kier molecular flexibility index (Phi) is 4.99. The van der Waals surface area contributed by atoms with E-state index in [2.05, 4.69) is 10.6 Å². The molecule has 3 aromatic carbocycles. The third-order valence-electron chi connectivity index (χ3n) is 4.92. The van der Waals surface area contributed by atoms with E-state index in [1.54, 1.807) is 13.2 Å². The van der Waals surface area contributed by atoms with Crippen LogP contribution in [0.1, 0.15) is 32.7 Å². The summed E-state index contributed by atoms with van der Waals surface area (Å²) in [6.45, 7) is 0. The van der Waals surface area contributed by atoms with Crippen molar-refractivity contribution in [1.29, 1.82) is 0 Å². The highest BCUT2D eigenvalue weighted by Crippen LogP contribution is 2.37. The van der Waals surface area contributed by atoms with Crippen LogP contribution in [0.3, 0.4) is 0 Å². The molecule has 0 saturated carbocycles. The molecule has 0 unspecified atom stereocenters. The summed E-state index contributed by atoms with van der Waals surface area (Å²) in [7, 11) is 1.60. The summed E-state index contributed by atoms with van der Waals surface area (Å²) in [4.78, 5) is 25.0. The van der Waals surface area contributed by atoms with Gasteiger partial charge in [-0.3, -0.25) is 9.59 Å². The number of benzene rings is 3. The highest BCUT2D eigenvalue weighted by Gasteiger charge is 2.27. The molecule has 3 aromatic rings. The van der Waals surface area contributed by atoms with E-state index >= 15 is 0 Å². The summed E-state index contributed by atoms with van der Waals surface area (Å²) >= 11 is 0. The minimum Gasteiger partial charge on any atom is -0.495 e. The topological polar surface area (TPSA) is 67.4 Å². The lowest BCUT2D eigenvalue weighted by Crippen LogP contribution is -2.14. The van der Waals surface area contributed by atoms with Crippen LogP contribution in [-0.2, 0) is 6.42 Å². The molecule has 0 saturated heterocycles. The molecule has 0 bridgehead atoms. The number of ether oxygens (including phenoxy) is 1. The maximum atomic E-state index is 13.1. The average Bonchev–Trinajstić information content (AvgIpc) is 3.13. The lowest BCUT2D eigenvalue weighted by Gasteiger charge is -2.16. The van der Waals surface area contributed by atoms with Gasteiger partial charge >= 0.3 is 0 Å². The molecule has 29 heavy (non-hydrogen) atoms. The first kappa shape index (κ1) is 18.7. The van der Waals surface area contributed by atoms with Crippen LogP contribution in [0.5, 0.6) is 5.75 Å². The lowest BCUT2D eigenvalue weighted by atomic mass is 10.0. The van der Waals surface area contributed by atoms with Gasteiger partial charge in [0.2, 0.25) is 0 Å². The third-order valence-corrected chi connectivity index (χ3v) is 4.92. The fraction of sp³-hybridized carbons (Fsp3) is 0.130. The number of hydrogen-bond acceptors (Lipinski definition) is 4. The van der Waals surface area contributed by atoms with Gasteiger partial charge in [-0.05, 0) is 60.5 Å². The van der Waals surface area contributed by atoms with Crippen LogP contribution < -0.4 is 15.4 Å². The largest absolute Gasteiger partial charge is 0.495 e. The summed E-state index contributed by atoms with van der Waals surface area (Å²) in [6.07, 6.45) is 0.977. The second kappa shape index (κ2) is 7.75. The van der Waals surface area contributed by atoms with E-state index in [4.69, 9.17) is 4.74 Å². The first-order valence-corrected chi connectivity index (χ1v) is 9.23. The van der Waals surface area contributed by atoms with Crippen LogP contribution in [0.15, 0.2) is 60.7 Å². The zero-order valence-corrected chi connectivity index (χ0v) is 15.8. The van der Waals surface area contributed by atoms with E-state index in [1.807, 2.05) is 30.3 Å². The second-order valence-electron chi connectivity index (χ2n) is 6.72. The van der Waals surface area contributed by atoms with Gasteiger partial charge in [-0.2, -0.15) is 0 Å². The van der Waals surface area contributed by atoms with Gasteiger partial charge in [-0.25, -0.2) is 4.39 Å². The number of anilines is 3. The number of fused-ring (bicyclic) bond motifs is 1. The van der Waals surface area contributed by atoms with Gasteiger partial charge in [0, 0.05) is 23.2 Å². The monoisotopic (exact) mass is 390 g/mol. The molecule has 6 heteroatoms. The zero-order chi connectivity index (χ0) is 20.4. The number of methoxy groups -OCH3 is 1. The Hall–Kier alpha value is -3.67. The molecule has 1 amide bonds. The van der Waals surface area contributed by atoms with Gasteiger partial charge in [0.25, 0.3) is 5.91 Å². The van der Waals surface area contributed by atoms with Crippen LogP contribution in [0.2, 0.25) is 0 Å². The molecule has 0 spiro atoms. The number of rotatable bonds is 5. The van der Waals surface area contributed by atoms with Crippen molar-refractivity contribution in [3.05, 3.63) is 83.2 Å². The number of ketones is 1. The number of carbonyl (C=O) groups excluding carboxylic acids is 2. The molecule has 0 heterocycles. The van der Waals surface area contributed by atoms with Crippen LogP contribution in [0.25, 0.3) is 0 Å². The SMILES string of the molecule is COc1ccccc1Nc1ccc(NC(=O)c2ccc(F)cc2)c2c1CCC2=O. The molecule has 1 aliphatic carbocycles. The molecule has 4 rings (SSSR count). The van der Waals surface area contributed by atoms with E-state index in [9.17, 15) is 14.0 Å². The van der Waals surface area contributed by atoms with Crippen molar-refractivity contribution >= 4 is 28.8 Å². The smallest absolute Gasteiger partial charge is 0.255 e. The summed E-state index contributed by atoms with van der Waals surface area (Å²) in [5.41, 5.74) is 3.75. The molecular formula is C23H19FN2O3. The molecule has 0 atom stereocenters. The number of halogens is 1. The summed E-state index contributed by atoms with van der Waals surface area (Å²) < 4.78 is 18.5. The predicted octanol–water partition coefficient (Wildman–Crippen LogP) is 4.96. The minimum atomic E-state index is -0.413. The Morgan fingerprint density at radius 2 is 1.66 bits per heavy atom. The number of para-hydroxylation sites is 2. The molecule has 0 aliphatic heterocycles. The minimum absolute atomic E-state index is 0.0157. The van der Waals surface area contributed by atoms with Gasteiger partial charge < -0.3 is 15.4 Å². The number of hydrogen-bond donors (Lipinski definition) is 2. The van der Waals surface area contributed by atoms with Crippen LogP contribution in [0.4, 0.5) is 21.5 Å². The van der Waals surface area contributed by atoms with E-state index in [-0.39, 0.29) is 5.78 Å². The first-order valence-electron chi connectivity index (χ1n) is 9.23. The van der Waals surface area contributed by atoms with Crippen molar-refractivity contribution in [2.24, 2.45) is 0 Å². The van der Waals surface area contributed by atoms with Gasteiger partial charge in [-0.15, -0.1) is 0 Å². The van der Waals surface area contributed by atoms with Gasteiger partial charge in [0.15, 0.2) is 5.78 Å². The molecule has 0 radical (unpaired) electrons. The van der Waals surface area contributed by atoms with Crippen molar-refractivity contribution in [2.75, 3.05) is 17.7 Å². The van der Waals surface area contributed by atoms with Crippen molar-refractivity contribution in [3.63, 3.8) is 0 Å². The standard InChI is InChI=1S/C23H19FN2O3/c1-29-21-5-3-2-4-18(21)25-17-11-12-19(22-16(17)10-13-20(22)27)26-23(28)14-6-8-15(24)9-7-14/h2-9,11-12,25H,10,13H2,1H3,(H,26,28). The van der Waals surface area contributed by atoms with E-state index < -0.39 is 11.7 Å². The quantitative estimate of drug-likeness (QED) is 0.646. The molecule has 0 fully saturated rings. The first-order chi connectivity index (χ1) is 14.1. The maximum absolute atomic E-state index is 13.1. The van der Waals surface area contributed by atoms with E-state index in [0.717, 1.165) is 16.9 Å². The molecule has 5 nitrogen and oxygen atoms in total. The van der Waals surface area contributed by atoms with E-state index in [0.29, 0.717) is 35.4 Å². The molecule has 0 aromatic heterocycles. The van der Waals surface area contributed by atoms with Gasteiger partial charge in [0.1, 0.15) is 11.6 Å². The Morgan fingerprint density at radius 1 is 0.931 bits per heavy atom. The number of nitrogens with one attached hydrogen (secondary N) is 2. The molecule has 146 valence electrons. The zero-order valence-electron chi connectivity index (χ0n) is 15.8. The third kappa shape index (κ3) is 3.69. The lowest BCUT2D eigenvalue weighted by molar-refractivity contribution is 0.0995. The van der Waals surface area contributed by atoms with Crippen molar-refractivity contribution < 1.29 is 18.7 Å². The highest BCUT2D eigenvalue weighted by atomic mass is 19.1. The van der Waals surface area contributed by atoms with Crippen molar-refractivity contribution in [1.82, 2.24) is 0 Å². The number of Topliss-reactive ketones (excluding diaryl/α,β-unsaturated/α-hetero) is 1. The van der Waals surface area contributed by atoms with Gasteiger partial charge in [0.05, 0.1) is 18.5 Å². The Bertz CT molecular complexity index is 1090. The van der Waals surface area contributed by atoms with Crippen LogP contribution in [0, 0.1) is 5.82 Å². The van der Waals surface area contributed by atoms with Crippen LogP contribution >= 0.6 is 0 Å². The Morgan fingerprint density at radius 3 is 2.41 bits per heavy atom. The summed E-state index contributed by atoms with van der Waals surface area (Å²) in [6, 6.07) is 16.3. The number of amides is 1. The number of carbonyl (C=O) groups is 2.